The van der Waals surface area contributed by atoms with Crippen molar-refractivity contribution in [1.29, 1.82) is 0 Å². The summed E-state index contributed by atoms with van der Waals surface area (Å²) in [6.45, 7) is 1.41. The summed E-state index contributed by atoms with van der Waals surface area (Å²) in [6, 6.07) is 9.41. The number of nitrogens with one attached hydrogen (secondary N) is 3. The van der Waals surface area contributed by atoms with Gasteiger partial charge >= 0.3 is 0 Å². The molecular weight excluding hydrogens is 420 g/mol. The molecule has 0 bridgehead atoms. The summed E-state index contributed by atoms with van der Waals surface area (Å²) in [5.74, 6) is -0.274. The van der Waals surface area contributed by atoms with E-state index in [-0.39, 0.29) is 11.8 Å². The highest BCUT2D eigenvalue weighted by atomic mass is 16.2. The van der Waals surface area contributed by atoms with E-state index in [1.165, 1.54) is 12.7 Å². The molecule has 0 saturated carbocycles. The van der Waals surface area contributed by atoms with E-state index in [9.17, 15) is 9.59 Å². The molecule has 1 aliphatic rings. The third-order valence-corrected chi connectivity index (χ3v) is 5.86. The third kappa shape index (κ3) is 3.28. The van der Waals surface area contributed by atoms with Gasteiger partial charge in [0, 0.05) is 32.0 Å². The van der Waals surface area contributed by atoms with Crippen LogP contribution in [0.25, 0.3) is 22.3 Å². The summed E-state index contributed by atoms with van der Waals surface area (Å²) < 4.78 is 0. The first-order chi connectivity index (χ1) is 16.2. The summed E-state index contributed by atoms with van der Waals surface area (Å²) in [6.07, 6.45) is 6.22. The molecule has 0 aliphatic carbocycles. The lowest BCUT2D eigenvalue weighted by Crippen LogP contribution is -2.25. The van der Waals surface area contributed by atoms with Crippen molar-refractivity contribution in [2.45, 2.75) is 19.6 Å². The molecule has 4 aromatic heterocycles. The highest BCUT2D eigenvalue weighted by molar-refractivity contribution is 6.04. The smallest absolute Gasteiger partial charge is 0.256 e. The van der Waals surface area contributed by atoms with Crippen LogP contribution >= 0.6 is 0 Å². The molecule has 0 unspecified atom stereocenters. The largest absolute Gasteiger partial charge is 0.348 e. The molecule has 3 N–H and O–H groups in total. The summed E-state index contributed by atoms with van der Waals surface area (Å²) in [7, 11) is 0. The number of hydrogen-bond acceptors (Lipinski definition) is 6. The number of carbonyl (C=O) groups excluding carboxylic acids is 2. The zero-order valence-electron chi connectivity index (χ0n) is 17.4. The van der Waals surface area contributed by atoms with Crippen LogP contribution in [0.1, 0.15) is 37.4 Å². The van der Waals surface area contributed by atoms with E-state index in [1.807, 2.05) is 18.2 Å². The van der Waals surface area contributed by atoms with Gasteiger partial charge in [0.2, 0.25) is 0 Å². The summed E-state index contributed by atoms with van der Waals surface area (Å²) in [4.78, 5) is 50.1. The first kappa shape index (κ1) is 19.1. The van der Waals surface area contributed by atoms with Gasteiger partial charge in [-0.1, -0.05) is 18.2 Å². The first-order valence-electron chi connectivity index (χ1n) is 10.4. The van der Waals surface area contributed by atoms with Crippen molar-refractivity contribution in [1.82, 2.24) is 40.1 Å². The highest BCUT2D eigenvalue weighted by Gasteiger charge is 2.26. The minimum atomic E-state index is -0.204. The lowest BCUT2D eigenvalue weighted by atomic mass is 10.1. The predicted octanol–water partition coefficient (Wildman–Crippen LogP) is 2.32. The number of amides is 2. The molecule has 0 fully saturated rings. The van der Waals surface area contributed by atoms with Crippen molar-refractivity contribution in [2.24, 2.45) is 0 Å². The van der Waals surface area contributed by atoms with E-state index in [1.54, 1.807) is 29.4 Å². The molecule has 10 nitrogen and oxygen atoms in total. The Balaban J connectivity index is 1.17. The molecule has 0 atom stereocenters. The number of imidazole rings is 2. The van der Waals surface area contributed by atoms with Crippen molar-refractivity contribution in [2.75, 3.05) is 0 Å². The van der Waals surface area contributed by atoms with Gasteiger partial charge in [-0.2, -0.15) is 0 Å². The van der Waals surface area contributed by atoms with Crippen molar-refractivity contribution in [3.8, 4) is 0 Å². The monoisotopic (exact) mass is 438 g/mol. The second-order valence-electron chi connectivity index (χ2n) is 7.87. The lowest BCUT2D eigenvalue weighted by molar-refractivity contribution is 0.0753. The molecule has 0 radical (unpaired) electrons. The van der Waals surface area contributed by atoms with Gasteiger partial charge in [-0.3, -0.25) is 9.59 Å². The Kier molecular flexibility index (Phi) is 4.35. The number of carbonyl (C=O) groups is 2. The molecule has 1 aromatic carbocycles. The molecule has 6 rings (SSSR count). The number of fused-ring (bicyclic) bond motifs is 3. The number of aromatic amines is 2. The maximum atomic E-state index is 13.1. The normalized spacial score (nSPS) is 12.9. The maximum absolute atomic E-state index is 13.1. The third-order valence-electron chi connectivity index (χ3n) is 5.86. The number of benzene rings is 1. The molecule has 0 saturated heterocycles. The van der Waals surface area contributed by atoms with Gasteiger partial charge in [-0.15, -0.1) is 0 Å². The molecule has 33 heavy (non-hydrogen) atoms. The summed E-state index contributed by atoms with van der Waals surface area (Å²) in [5, 5.41) is 2.95. The van der Waals surface area contributed by atoms with E-state index in [0.29, 0.717) is 53.1 Å². The Morgan fingerprint density at radius 3 is 2.27 bits per heavy atom. The van der Waals surface area contributed by atoms with E-state index >= 15 is 0 Å². The average molecular weight is 438 g/mol. The second kappa shape index (κ2) is 7.52. The van der Waals surface area contributed by atoms with Crippen molar-refractivity contribution in [3.63, 3.8) is 0 Å². The number of aromatic nitrogens is 6. The summed E-state index contributed by atoms with van der Waals surface area (Å²) in [5.41, 5.74) is 6.48. The van der Waals surface area contributed by atoms with Crippen LogP contribution in [0, 0.1) is 0 Å². The molecule has 5 heterocycles. The average Bonchev–Trinajstić information content (AvgIpc) is 3.59. The van der Waals surface area contributed by atoms with Crippen LogP contribution in [0.15, 0.2) is 55.4 Å². The molecule has 2 amide bonds. The predicted molar refractivity (Wildman–Crippen MR) is 119 cm³/mol. The molecule has 0 spiro atoms. The highest BCUT2D eigenvalue weighted by Crippen LogP contribution is 2.27. The topological polar surface area (TPSA) is 133 Å². The van der Waals surface area contributed by atoms with Crippen LogP contribution in [0.2, 0.25) is 0 Å². The van der Waals surface area contributed by atoms with E-state index in [4.69, 9.17) is 0 Å². The van der Waals surface area contributed by atoms with Gasteiger partial charge < -0.3 is 20.2 Å². The summed E-state index contributed by atoms with van der Waals surface area (Å²) >= 11 is 0. The molecular formula is C23H18N8O2. The van der Waals surface area contributed by atoms with E-state index < -0.39 is 0 Å². The number of hydrogen-bond donors (Lipinski definition) is 3. The quantitative estimate of drug-likeness (QED) is 0.394. The fraction of sp³-hybridized carbons (Fsp3) is 0.130. The Hall–Kier alpha value is -4.60. The molecule has 10 heteroatoms. The number of H-pyrrole nitrogens is 2. The van der Waals surface area contributed by atoms with Gasteiger partial charge in [0.05, 0.1) is 34.8 Å². The minimum absolute atomic E-state index is 0.0704. The zero-order chi connectivity index (χ0) is 22.4. The SMILES string of the molecule is O=C(NCc1ccc2c(c1)CN(C(=O)c1ccnc3nc[nH]c13)C2)c1ccnc2nc[nH]c12. The second-order valence-corrected chi connectivity index (χ2v) is 7.87. The van der Waals surface area contributed by atoms with Crippen molar-refractivity contribution < 1.29 is 9.59 Å². The van der Waals surface area contributed by atoms with Gasteiger partial charge in [0.1, 0.15) is 0 Å². The molecule has 162 valence electrons. The zero-order valence-corrected chi connectivity index (χ0v) is 17.4. The van der Waals surface area contributed by atoms with Crippen LogP contribution < -0.4 is 5.32 Å². The van der Waals surface area contributed by atoms with Crippen molar-refractivity contribution in [3.05, 3.63) is 83.2 Å². The van der Waals surface area contributed by atoms with Crippen LogP contribution in [0.3, 0.4) is 0 Å². The maximum Gasteiger partial charge on any atom is 0.256 e. The lowest BCUT2D eigenvalue weighted by Gasteiger charge is -2.15. The Morgan fingerprint density at radius 1 is 0.848 bits per heavy atom. The van der Waals surface area contributed by atoms with Crippen LogP contribution in [0.4, 0.5) is 0 Å². The first-order valence-corrected chi connectivity index (χ1v) is 10.4. The Morgan fingerprint density at radius 2 is 1.52 bits per heavy atom. The van der Waals surface area contributed by atoms with Gasteiger partial charge in [0.25, 0.3) is 11.8 Å². The van der Waals surface area contributed by atoms with E-state index in [0.717, 1.165) is 16.7 Å². The van der Waals surface area contributed by atoms with Crippen molar-refractivity contribution >= 4 is 34.1 Å². The number of rotatable bonds is 4. The van der Waals surface area contributed by atoms with E-state index in [2.05, 4.69) is 35.2 Å². The Labute approximate surface area is 187 Å². The minimum Gasteiger partial charge on any atom is -0.348 e. The van der Waals surface area contributed by atoms with Crippen LogP contribution in [-0.2, 0) is 19.6 Å². The fourth-order valence-corrected chi connectivity index (χ4v) is 4.21. The van der Waals surface area contributed by atoms with Gasteiger partial charge in [-0.25, -0.2) is 19.9 Å². The molecule has 5 aromatic rings. The standard InChI is InChI=1S/C23H18N8O2/c32-22(16-3-5-24-20-18(16)27-11-29-20)26-8-13-1-2-14-9-31(10-15(14)7-13)23(33)17-4-6-25-21-19(17)28-12-30-21/h1-7,11-12H,8-10H2,(H,26,32)(H,24,27,29)(H,25,28,30). The number of nitrogens with zero attached hydrogens (tertiary/aromatic N) is 5. The molecule has 1 aliphatic heterocycles. The van der Waals surface area contributed by atoms with Crippen LogP contribution in [0.5, 0.6) is 0 Å². The number of pyridine rings is 2. The van der Waals surface area contributed by atoms with Gasteiger partial charge in [-0.05, 0) is 28.8 Å². The Bertz CT molecular complexity index is 1540. The van der Waals surface area contributed by atoms with Gasteiger partial charge in [0.15, 0.2) is 11.3 Å². The fourth-order valence-electron chi connectivity index (χ4n) is 4.21. The van der Waals surface area contributed by atoms with Crippen LogP contribution in [-0.4, -0.2) is 46.6 Å².